The Hall–Kier alpha value is -2.43. The molecule has 22 heavy (non-hydrogen) atoms. The summed E-state index contributed by atoms with van der Waals surface area (Å²) < 4.78 is 0. The van der Waals surface area contributed by atoms with E-state index < -0.39 is 11.8 Å². The molecule has 0 saturated carbocycles. The Morgan fingerprint density at radius 3 is 2.86 bits per heavy atom. The molecule has 1 saturated heterocycles. The quantitative estimate of drug-likeness (QED) is 0.818. The van der Waals surface area contributed by atoms with Gasteiger partial charge >= 0.3 is 11.8 Å². The van der Waals surface area contributed by atoms with Crippen molar-refractivity contribution in [2.24, 2.45) is 11.7 Å². The van der Waals surface area contributed by atoms with Gasteiger partial charge in [-0.05, 0) is 36.5 Å². The second kappa shape index (κ2) is 5.75. The van der Waals surface area contributed by atoms with Crippen LogP contribution in [0.2, 0.25) is 0 Å². The maximum Gasteiger partial charge on any atom is 0.312 e. The normalized spacial score (nSPS) is 21.8. The summed E-state index contributed by atoms with van der Waals surface area (Å²) in [6, 6.07) is 9.79. The van der Waals surface area contributed by atoms with E-state index in [0.717, 1.165) is 29.3 Å². The van der Waals surface area contributed by atoms with Crippen molar-refractivity contribution in [3.63, 3.8) is 0 Å². The molecule has 2 N–H and O–H groups in total. The number of nitrogens with zero attached hydrogens (tertiary/aromatic N) is 2. The molecule has 114 valence electrons. The third-order valence-corrected chi connectivity index (χ3v) is 4.30. The average Bonchev–Trinajstić information content (AvgIpc) is 2.53. The number of nitrogens with two attached hydrogens (primary N) is 1. The highest BCUT2D eigenvalue weighted by Crippen LogP contribution is 2.34. The topological polar surface area (TPSA) is 76.3 Å². The summed E-state index contributed by atoms with van der Waals surface area (Å²) >= 11 is 0. The van der Waals surface area contributed by atoms with Crippen LogP contribution in [0.15, 0.2) is 36.5 Å². The number of hydrogen-bond donors (Lipinski definition) is 1. The van der Waals surface area contributed by atoms with Gasteiger partial charge in [-0.25, -0.2) is 0 Å². The van der Waals surface area contributed by atoms with Crippen LogP contribution in [-0.2, 0) is 9.59 Å². The number of carbonyl (C=O) groups excluding carboxylic acids is 2. The lowest BCUT2D eigenvalue weighted by molar-refractivity contribution is -0.147. The Kier molecular flexibility index (Phi) is 3.79. The lowest BCUT2D eigenvalue weighted by Gasteiger charge is -2.38. The van der Waals surface area contributed by atoms with Gasteiger partial charge in [0.1, 0.15) is 0 Å². The van der Waals surface area contributed by atoms with Crippen LogP contribution >= 0.6 is 0 Å². The molecule has 0 unspecified atom stereocenters. The largest absolute Gasteiger partial charge is 0.361 e. The molecule has 1 aliphatic rings. The van der Waals surface area contributed by atoms with Crippen LogP contribution in [0, 0.1) is 5.92 Å². The zero-order valence-corrected chi connectivity index (χ0v) is 12.5. The van der Waals surface area contributed by atoms with E-state index >= 15 is 0 Å². The molecule has 1 fully saturated rings. The van der Waals surface area contributed by atoms with Crippen molar-refractivity contribution in [1.82, 2.24) is 9.88 Å². The average molecular weight is 297 g/mol. The number of fused-ring (bicyclic) bond motifs is 1. The van der Waals surface area contributed by atoms with Crippen molar-refractivity contribution in [3.05, 3.63) is 42.1 Å². The zero-order valence-electron chi connectivity index (χ0n) is 12.5. The predicted octanol–water partition coefficient (Wildman–Crippen LogP) is 2.02. The number of pyridine rings is 1. The van der Waals surface area contributed by atoms with Crippen LogP contribution in [0.1, 0.15) is 31.4 Å². The zero-order chi connectivity index (χ0) is 15.7. The van der Waals surface area contributed by atoms with Crippen LogP contribution in [0.4, 0.5) is 0 Å². The standard InChI is InChI=1S/C17H19N3O2/c1-11-4-7-15(20(10-11)17(22)16(18)21)13-6-5-12-3-2-8-19-14(12)9-13/h2-3,5-6,8-9,11,15H,4,7,10H2,1H3,(H2,18,21)/t11-,15+/m0/s1. The number of primary amides is 1. The summed E-state index contributed by atoms with van der Waals surface area (Å²) in [5.74, 6) is -1.12. The molecule has 0 spiro atoms. The van der Waals surface area contributed by atoms with E-state index in [9.17, 15) is 9.59 Å². The SMILES string of the molecule is C[C@H]1CC[C@H](c2ccc3cccnc3c2)N(C(=O)C(N)=O)C1. The number of amides is 2. The Morgan fingerprint density at radius 2 is 2.09 bits per heavy atom. The number of aromatic nitrogens is 1. The first kappa shape index (κ1) is 14.5. The van der Waals surface area contributed by atoms with E-state index in [1.807, 2.05) is 30.3 Å². The third-order valence-electron chi connectivity index (χ3n) is 4.30. The van der Waals surface area contributed by atoms with Gasteiger partial charge in [-0.1, -0.05) is 25.1 Å². The highest BCUT2D eigenvalue weighted by molar-refractivity contribution is 6.34. The lowest BCUT2D eigenvalue weighted by atomic mass is 9.89. The molecule has 2 atom stereocenters. The molecule has 0 bridgehead atoms. The first-order chi connectivity index (χ1) is 10.6. The van der Waals surface area contributed by atoms with Gasteiger partial charge in [0.25, 0.3) is 0 Å². The van der Waals surface area contributed by atoms with Crippen molar-refractivity contribution in [1.29, 1.82) is 0 Å². The second-order valence-electron chi connectivity index (χ2n) is 5.98. The molecular weight excluding hydrogens is 278 g/mol. The van der Waals surface area contributed by atoms with Crippen LogP contribution in [0.25, 0.3) is 10.9 Å². The second-order valence-corrected chi connectivity index (χ2v) is 5.98. The highest BCUT2D eigenvalue weighted by Gasteiger charge is 2.33. The van der Waals surface area contributed by atoms with Crippen LogP contribution in [0.5, 0.6) is 0 Å². The summed E-state index contributed by atoms with van der Waals surface area (Å²) in [4.78, 5) is 29.4. The van der Waals surface area contributed by atoms with E-state index in [1.54, 1.807) is 11.1 Å². The summed E-state index contributed by atoms with van der Waals surface area (Å²) in [6.45, 7) is 2.64. The van der Waals surface area contributed by atoms with Crippen molar-refractivity contribution in [2.45, 2.75) is 25.8 Å². The molecule has 1 aromatic heterocycles. The Balaban J connectivity index is 1.98. The Morgan fingerprint density at radius 1 is 1.27 bits per heavy atom. The van der Waals surface area contributed by atoms with Gasteiger partial charge in [-0.2, -0.15) is 0 Å². The van der Waals surface area contributed by atoms with E-state index in [4.69, 9.17) is 5.73 Å². The fourth-order valence-corrected chi connectivity index (χ4v) is 3.16. The monoisotopic (exact) mass is 297 g/mol. The van der Waals surface area contributed by atoms with Gasteiger partial charge in [-0.15, -0.1) is 0 Å². The Labute approximate surface area is 129 Å². The number of rotatable bonds is 1. The van der Waals surface area contributed by atoms with Gasteiger partial charge in [0.05, 0.1) is 11.6 Å². The summed E-state index contributed by atoms with van der Waals surface area (Å²) in [5.41, 5.74) is 7.10. The highest BCUT2D eigenvalue weighted by atomic mass is 16.2. The van der Waals surface area contributed by atoms with Crippen molar-refractivity contribution < 1.29 is 9.59 Å². The molecule has 5 nitrogen and oxygen atoms in total. The molecule has 0 radical (unpaired) electrons. The molecule has 1 aromatic carbocycles. The van der Waals surface area contributed by atoms with Crippen LogP contribution in [-0.4, -0.2) is 28.2 Å². The molecule has 3 rings (SSSR count). The van der Waals surface area contributed by atoms with Gasteiger partial charge < -0.3 is 10.6 Å². The first-order valence-corrected chi connectivity index (χ1v) is 7.51. The smallest absolute Gasteiger partial charge is 0.312 e. The van der Waals surface area contributed by atoms with Gasteiger partial charge in [0, 0.05) is 18.1 Å². The lowest BCUT2D eigenvalue weighted by Crippen LogP contribution is -2.46. The van der Waals surface area contributed by atoms with E-state index in [1.165, 1.54) is 0 Å². The van der Waals surface area contributed by atoms with Crippen LogP contribution < -0.4 is 5.73 Å². The Bertz CT molecular complexity index is 729. The number of piperidine rings is 1. The fraction of sp³-hybridized carbons (Fsp3) is 0.353. The number of benzene rings is 1. The third kappa shape index (κ3) is 2.66. The number of carbonyl (C=O) groups is 2. The van der Waals surface area contributed by atoms with Gasteiger partial charge in [0.15, 0.2) is 0 Å². The van der Waals surface area contributed by atoms with E-state index in [0.29, 0.717) is 12.5 Å². The fourth-order valence-electron chi connectivity index (χ4n) is 3.16. The molecule has 2 amide bonds. The minimum atomic E-state index is -0.891. The summed E-state index contributed by atoms with van der Waals surface area (Å²) in [5, 5.41) is 1.06. The molecule has 2 heterocycles. The van der Waals surface area contributed by atoms with E-state index in [-0.39, 0.29) is 6.04 Å². The van der Waals surface area contributed by atoms with Gasteiger partial charge in [0.2, 0.25) is 0 Å². The number of hydrogen-bond acceptors (Lipinski definition) is 3. The summed E-state index contributed by atoms with van der Waals surface area (Å²) in [7, 11) is 0. The molecule has 1 aliphatic heterocycles. The molecule has 5 heteroatoms. The predicted molar refractivity (Wildman–Crippen MR) is 83.8 cm³/mol. The minimum absolute atomic E-state index is 0.109. The maximum atomic E-state index is 12.1. The van der Waals surface area contributed by atoms with Gasteiger partial charge in [-0.3, -0.25) is 14.6 Å². The molecule has 2 aromatic rings. The number of likely N-dealkylation sites (tertiary alicyclic amines) is 1. The maximum absolute atomic E-state index is 12.1. The summed E-state index contributed by atoms with van der Waals surface area (Å²) in [6.07, 6.45) is 3.60. The molecule has 0 aliphatic carbocycles. The van der Waals surface area contributed by atoms with Crippen molar-refractivity contribution in [2.75, 3.05) is 6.54 Å². The molecular formula is C17H19N3O2. The minimum Gasteiger partial charge on any atom is -0.361 e. The first-order valence-electron chi connectivity index (χ1n) is 7.51. The van der Waals surface area contributed by atoms with Crippen molar-refractivity contribution >= 4 is 22.7 Å². The van der Waals surface area contributed by atoms with Crippen LogP contribution in [0.3, 0.4) is 0 Å². The van der Waals surface area contributed by atoms with Crippen molar-refractivity contribution in [3.8, 4) is 0 Å². The van der Waals surface area contributed by atoms with E-state index in [2.05, 4.69) is 11.9 Å².